The molecule has 0 atom stereocenters. The Morgan fingerprint density at radius 1 is 1.04 bits per heavy atom. The van der Waals surface area contributed by atoms with Gasteiger partial charge in [-0.3, -0.25) is 9.79 Å². The second-order valence-corrected chi connectivity index (χ2v) is 7.55. The van der Waals surface area contributed by atoms with E-state index in [2.05, 4.69) is 34.6 Å². The van der Waals surface area contributed by atoms with Gasteiger partial charge < -0.3 is 5.32 Å². The maximum absolute atomic E-state index is 13.0. The number of amidine groups is 1. The van der Waals surface area contributed by atoms with Gasteiger partial charge in [0.2, 0.25) is 5.91 Å². The van der Waals surface area contributed by atoms with Crippen LogP contribution < -0.4 is 5.32 Å². The number of aliphatic imine (C=N–C) groups is 1. The Bertz CT molecular complexity index is 686. The minimum Gasteiger partial charge on any atom is -0.305 e. The lowest BCUT2D eigenvalue weighted by atomic mass is 9.70. The van der Waals surface area contributed by atoms with Crippen LogP contribution in [0.5, 0.6) is 0 Å². The molecule has 3 nitrogen and oxygen atoms in total. The number of hydrogen-bond donors (Lipinski definition) is 1. The van der Waals surface area contributed by atoms with Crippen LogP contribution in [0.25, 0.3) is 0 Å². The van der Waals surface area contributed by atoms with Crippen LogP contribution in [-0.2, 0) is 4.79 Å². The monoisotopic (exact) mass is 338 g/mol. The largest absolute Gasteiger partial charge is 0.305 e. The average molecular weight is 338 g/mol. The lowest BCUT2D eigenvalue weighted by Gasteiger charge is -2.34. The van der Waals surface area contributed by atoms with E-state index in [4.69, 9.17) is 0 Å². The maximum Gasteiger partial charge on any atom is 0.232 e. The average Bonchev–Trinajstić information content (AvgIpc) is 3.10. The SMILES string of the molecule is CC(C)(C(=O)NC1=NCCS1)C(c1ccccc1)c1ccccc1. The first-order chi connectivity index (χ1) is 11.6. The summed E-state index contributed by atoms with van der Waals surface area (Å²) in [6.07, 6.45) is 0. The molecule has 124 valence electrons. The standard InChI is InChI=1S/C20H22N2OS/c1-20(2,18(23)22-19-21-13-14-24-19)17(15-9-5-3-6-10-15)16-11-7-4-8-12-16/h3-12,17H,13-14H2,1-2H3,(H,21,22,23). The summed E-state index contributed by atoms with van der Waals surface area (Å²) in [5.74, 6) is 0.928. The highest BCUT2D eigenvalue weighted by atomic mass is 32.2. The Morgan fingerprint density at radius 3 is 2.04 bits per heavy atom. The molecule has 0 aliphatic carbocycles. The van der Waals surface area contributed by atoms with Crippen molar-refractivity contribution < 1.29 is 4.79 Å². The summed E-state index contributed by atoms with van der Waals surface area (Å²) in [6.45, 7) is 4.79. The van der Waals surface area contributed by atoms with E-state index in [1.165, 1.54) is 0 Å². The quantitative estimate of drug-likeness (QED) is 0.913. The Kier molecular flexibility index (Phi) is 5.05. The molecule has 1 aliphatic rings. The molecule has 3 rings (SSSR count). The Labute approximate surface area is 147 Å². The maximum atomic E-state index is 13.0. The molecule has 0 radical (unpaired) electrons. The lowest BCUT2D eigenvalue weighted by Crippen LogP contribution is -2.43. The first-order valence-electron chi connectivity index (χ1n) is 8.17. The van der Waals surface area contributed by atoms with E-state index in [1.54, 1.807) is 11.8 Å². The molecule has 0 spiro atoms. The highest BCUT2D eigenvalue weighted by Gasteiger charge is 2.39. The van der Waals surface area contributed by atoms with E-state index in [-0.39, 0.29) is 11.8 Å². The van der Waals surface area contributed by atoms with Crippen LogP contribution in [0.1, 0.15) is 30.9 Å². The van der Waals surface area contributed by atoms with Crippen molar-refractivity contribution in [2.24, 2.45) is 10.4 Å². The molecule has 4 heteroatoms. The zero-order valence-electron chi connectivity index (χ0n) is 14.0. The first kappa shape index (κ1) is 16.8. The molecule has 24 heavy (non-hydrogen) atoms. The third-order valence-corrected chi connectivity index (χ3v) is 5.27. The molecular formula is C20H22N2OS. The highest BCUT2D eigenvalue weighted by Crippen LogP contribution is 2.41. The van der Waals surface area contributed by atoms with Gasteiger partial charge in [0.15, 0.2) is 5.17 Å². The van der Waals surface area contributed by atoms with Gasteiger partial charge in [0.1, 0.15) is 0 Å². The number of carbonyl (C=O) groups is 1. The second kappa shape index (κ2) is 7.22. The summed E-state index contributed by atoms with van der Waals surface area (Å²) in [4.78, 5) is 17.3. The van der Waals surface area contributed by atoms with Crippen LogP contribution in [0.2, 0.25) is 0 Å². The highest BCUT2D eigenvalue weighted by molar-refractivity contribution is 8.14. The van der Waals surface area contributed by atoms with Crippen molar-refractivity contribution in [2.75, 3.05) is 12.3 Å². The minimum atomic E-state index is -0.603. The fourth-order valence-corrected chi connectivity index (χ4v) is 3.84. The second-order valence-electron chi connectivity index (χ2n) is 6.47. The van der Waals surface area contributed by atoms with Crippen molar-refractivity contribution in [2.45, 2.75) is 19.8 Å². The first-order valence-corrected chi connectivity index (χ1v) is 9.16. The molecule has 0 saturated heterocycles. The topological polar surface area (TPSA) is 41.5 Å². The van der Waals surface area contributed by atoms with Crippen molar-refractivity contribution in [3.8, 4) is 0 Å². The lowest BCUT2D eigenvalue weighted by molar-refractivity contribution is -0.128. The molecule has 0 saturated carbocycles. The van der Waals surface area contributed by atoms with Gasteiger partial charge in [-0.25, -0.2) is 0 Å². The molecule has 0 unspecified atom stereocenters. The zero-order valence-corrected chi connectivity index (χ0v) is 14.8. The van der Waals surface area contributed by atoms with E-state index >= 15 is 0 Å². The van der Waals surface area contributed by atoms with E-state index in [1.807, 2.05) is 50.2 Å². The van der Waals surface area contributed by atoms with Gasteiger partial charge in [-0.15, -0.1) is 0 Å². The predicted octanol–water partition coefficient (Wildman–Crippen LogP) is 4.06. The normalized spacial score (nSPS) is 14.5. The number of carbonyl (C=O) groups excluding carboxylic acids is 1. The van der Waals surface area contributed by atoms with Gasteiger partial charge in [-0.05, 0) is 11.1 Å². The number of amides is 1. The van der Waals surface area contributed by atoms with Crippen molar-refractivity contribution in [1.29, 1.82) is 0 Å². The molecule has 0 aromatic heterocycles. The summed E-state index contributed by atoms with van der Waals surface area (Å²) >= 11 is 1.61. The Balaban J connectivity index is 1.96. The number of rotatable bonds is 4. The van der Waals surface area contributed by atoms with Crippen LogP contribution in [-0.4, -0.2) is 23.4 Å². The van der Waals surface area contributed by atoms with E-state index in [0.717, 1.165) is 28.6 Å². The molecule has 1 aliphatic heterocycles. The summed E-state index contributed by atoms with van der Waals surface area (Å²) in [5.41, 5.74) is 1.68. The van der Waals surface area contributed by atoms with E-state index in [0.29, 0.717) is 0 Å². The van der Waals surface area contributed by atoms with E-state index < -0.39 is 5.41 Å². The summed E-state index contributed by atoms with van der Waals surface area (Å²) in [7, 11) is 0. The summed E-state index contributed by atoms with van der Waals surface area (Å²) in [6, 6.07) is 20.5. The number of nitrogens with zero attached hydrogens (tertiary/aromatic N) is 1. The summed E-state index contributed by atoms with van der Waals surface area (Å²) < 4.78 is 0. The Morgan fingerprint density at radius 2 is 1.58 bits per heavy atom. The van der Waals surface area contributed by atoms with Crippen LogP contribution in [0.4, 0.5) is 0 Å². The molecule has 2 aromatic rings. The number of hydrogen-bond acceptors (Lipinski definition) is 3. The molecular weight excluding hydrogens is 316 g/mol. The Hall–Kier alpha value is -2.07. The third kappa shape index (κ3) is 3.54. The summed E-state index contributed by atoms with van der Waals surface area (Å²) in [5, 5.41) is 3.76. The third-order valence-electron chi connectivity index (χ3n) is 4.38. The molecule has 2 aromatic carbocycles. The van der Waals surface area contributed by atoms with Crippen LogP contribution in [0.3, 0.4) is 0 Å². The number of benzene rings is 2. The van der Waals surface area contributed by atoms with Crippen LogP contribution >= 0.6 is 11.8 Å². The van der Waals surface area contributed by atoms with Crippen LogP contribution in [0, 0.1) is 5.41 Å². The molecule has 1 heterocycles. The van der Waals surface area contributed by atoms with Crippen molar-refractivity contribution >= 4 is 22.8 Å². The zero-order chi connectivity index (χ0) is 17.0. The number of thioether (sulfide) groups is 1. The molecule has 1 N–H and O–H groups in total. The molecule has 1 amide bonds. The fraction of sp³-hybridized carbons (Fsp3) is 0.300. The van der Waals surface area contributed by atoms with Gasteiger partial charge in [0.05, 0.1) is 12.0 Å². The van der Waals surface area contributed by atoms with Crippen molar-refractivity contribution in [3.05, 3.63) is 71.8 Å². The van der Waals surface area contributed by atoms with Crippen molar-refractivity contribution in [3.63, 3.8) is 0 Å². The van der Waals surface area contributed by atoms with Gasteiger partial charge in [-0.1, -0.05) is 86.3 Å². The molecule has 0 fully saturated rings. The van der Waals surface area contributed by atoms with Gasteiger partial charge in [0.25, 0.3) is 0 Å². The van der Waals surface area contributed by atoms with Gasteiger partial charge in [0, 0.05) is 11.7 Å². The predicted molar refractivity (Wildman–Crippen MR) is 101 cm³/mol. The van der Waals surface area contributed by atoms with Gasteiger partial charge >= 0.3 is 0 Å². The van der Waals surface area contributed by atoms with Crippen molar-refractivity contribution in [1.82, 2.24) is 5.32 Å². The van der Waals surface area contributed by atoms with E-state index in [9.17, 15) is 4.79 Å². The number of nitrogens with one attached hydrogen (secondary N) is 1. The van der Waals surface area contributed by atoms with Crippen LogP contribution in [0.15, 0.2) is 65.7 Å². The minimum absolute atomic E-state index is 0.00774. The molecule has 0 bridgehead atoms. The fourth-order valence-electron chi connectivity index (χ4n) is 3.12. The van der Waals surface area contributed by atoms with Gasteiger partial charge in [-0.2, -0.15) is 0 Å². The smallest absolute Gasteiger partial charge is 0.232 e.